The highest BCUT2D eigenvalue weighted by molar-refractivity contribution is 5.34. The average molecular weight is 267 g/mol. The maximum absolute atomic E-state index is 14.2. The van der Waals surface area contributed by atoms with Gasteiger partial charge in [-0.2, -0.15) is 0 Å². The maximum Gasteiger partial charge on any atom is 0.128 e. The second kappa shape index (κ2) is 8.28. The molecule has 0 saturated heterocycles. The summed E-state index contributed by atoms with van der Waals surface area (Å²) in [4.78, 5) is 0. The van der Waals surface area contributed by atoms with E-state index in [1.165, 1.54) is 0 Å². The lowest BCUT2D eigenvalue weighted by molar-refractivity contribution is 0.124. The lowest BCUT2D eigenvalue weighted by Gasteiger charge is -2.21. The normalized spacial score (nSPS) is 12.7. The molecule has 0 aliphatic heterocycles. The van der Waals surface area contributed by atoms with Gasteiger partial charge < -0.3 is 10.1 Å². The van der Waals surface area contributed by atoms with E-state index in [1.807, 2.05) is 26.8 Å². The van der Waals surface area contributed by atoms with E-state index in [4.69, 9.17) is 4.74 Å². The molecule has 1 aromatic carbocycles. The molecule has 0 fully saturated rings. The second-order valence-corrected chi connectivity index (χ2v) is 4.99. The standard InChI is InChI=1S/C16H26FNO/c1-5-8-19-9-7-15(18-6-2)16-13(4)10-12(3)11-14(16)17/h10-11,15,18H,5-9H2,1-4H3. The molecular formula is C16H26FNO. The van der Waals surface area contributed by atoms with Crippen molar-refractivity contribution in [3.05, 3.63) is 34.6 Å². The Kier molecular flexibility index (Phi) is 7.03. The van der Waals surface area contributed by atoms with Gasteiger partial charge in [0.05, 0.1) is 0 Å². The van der Waals surface area contributed by atoms with E-state index < -0.39 is 0 Å². The van der Waals surface area contributed by atoms with Crippen LogP contribution in [-0.4, -0.2) is 19.8 Å². The minimum Gasteiger partial charge on any atom is -0.381 e. The van der Waals surface area contributed by atoms with Crippen LogP contribution in [0.1, 0.15) is 49.4 Å². The van der Waals surface area contributed by atoms with Gasteiger partial charge in [0.2, 0.25) is 0 Å². The van der Waals surface area contributed by atoms with Crippen molar-refractivity contribution < 1.29 is 9.13 Å². The first-order valence-corrected chi connectivity index (χ1v) is 7.17. The number of rotatable bonds is 8. The third-order valence-corrected chi connectivity index (χ3v) is 3.18. The summed E-state index contributed by atoms with van der Waals surface area (Å²) in [5, 5.41) is 3.36. The van der Waals surface area contributed by atoms with Gasteiger partial charge in [-0.1, -0.05) is 19.9 Å². The molecule has 1 rings (SSSR count). The number of nitrogens with one attached hydrogen (secondary N) is 1. The van der Waals surface area contributed by atoms with Crippen LogP contribution in [0.4, 0.5) is 4.39 Å². The Morgan fingerprint density at radius 2 is 1.95 bits per heavy atom. The SMILES string of the molecule is CCCOCCC(NCC)c1c(C)cc(C)cc1F. The lowest BCUT2D eigenvalue weighted by atomic mass is 9.96. The summed E-state index contributed by atoms with van der Waals surface area (Å²) >= 11 is 0. The first-order chi connectivity index (χ1) is 9.10. The van der Waals surface area contributed by atoms with Gasteiger partial charge in [0.15, 0.2) is 0 Å². The van der Waals surface area contributed by atoms with Crippen molar-refractivity contribution >= 4 is 0 Å². The molecule has 0 aliphatic rings. The fourth-order valence-corrected chi connectivity index (χ4v) is 2.41. The van der Waals surface area contributed by atoms with Crippen LogP contribution >= 0.6 is 0 Å². The number of halogens is 1. The molecule has 108 valence electrons. The minimum atomic E-state index is -0.112. The first-order valence-electron chi connectivity index (χ1n) is 7.17. The third kappa shape index (κ3) is 4.92. The molecule has 1 N–H and O–H groups in total. The number of hydrogen-bond donors (Lipinski definition) is 1. The van der Waals surface area contributed by atoms with Crippen molar-refractivity contribution in [3.8, 4) is 0 Å². The average Bonchev–Trinajstić information content (AvgIpc) is 2.33. The molecule has 0 radical (unpaired) electrons. The van der Waals surface area contributed by atoms with Gasteiger partial charge in [-0.3, -0.25) is 0 Å². The third-order valence-electron chi connectivity index (χ3n) is 3.18. The summed E-state index contributed by atoms with van der Waals surface area (Å²) in [7, 11) is 0. The largest absolute Gasteiger partial charge is 0.381 e. The Labute approximate surface area is 116 Å². The molecule has 0 bridgehead atoms. The summed E-state index contributed by atoms with van der Waals surface area (Å²) < 4.78 is 19.7. The molecule has 0 saturated carbocycles. The predicted molar refractivity (Wildman–Crippen MR) is 78.0 cm³/mol. The molecule has 1 aromatic rings. The van der Waals surface area contributed by atoms with Crippen molar-refractivity contribution in [3.63, 3.8) is 0 Å². The molecule has 2 nitrogen and oxygen atoms in total. The van der Waals surface area contributed by atoms with E-state index in [0.717, 1.165) is 42.7 Å². The molecule has 0 heterocycles. The number of benzene rings is 1. The highest BCUT2D eigenvalue weighted by Gasteiger charge is 2.17. The molecular weight excluding hydrogens is 241 g/mol. The molecule has 0 aromatic heterocycles. The fraction of sp³-hybridized carbons (Fsp3) is 0.625. The Balaban J connectivity index is 2.80. The second-order valence-electron chi connectivity index (χ2n) is 4.99. The van der Waals surface area contributed by atoms with E-state index in [0.29, 0.717) is 6.61 Å². The van der Waals surface area contributed by atoms with Crippen molar-refractivity contribution in [2.45, 2.75) is 46.6 Å². The van der Waals surface area contributed by atoms with Crippen LogP contribution in [0.2, 0.25) is 0 Å². The van der Waals surface area contributed by atoms with E-state index >= 15 is 0 Å². The monoisotopic (exact) mass is 267 g/mol. The Morgan fingerprint density at radius 1 is 1.21 bits per heavy atom. The summed E-state index contributed by atoms with van der Waals surface area (Å²) in [6, 6.07) is 3.68. The fourth-order valence-electron chi connectivity index (χ4n) is 2.41. The summed E-state index contributed by atoms with van der Waals surface area (Å²) in [5.41, 5.74) is 2.77. The molecule has 1 unspecified atom stereocenters. The van der Waals surface area contributed by atoms with Gasteiger partial charge in [0, 0.05) is 24.8 Å². The molecule has 1 atom stereocenters. The predicted octanol–water partition coefficient (Wildman–Crippen LogP) is 3.91. The van der Waals surface area contributed by atoms with Crippen molar-refractivity contribution in [2.75, 3.05) is 19.8 Å². The molecule has 0 amide bonds. The molecule has 0 spiro atoms. The first kappa shape index (κ1) is 16.1. The van der Waals surface area contributed by atoms with Crippen LogP contribution in [0.3, 0.4) is 0 Å². The topological polar surface area (TPSA) is 21.3 Å². The zero-order valence-electron chi connectivity index (χ0n) is 12.6. The van der Waals surface area contributed by atoms with Crippen LogP contribution in [0.5, 0.6) is 0 Å². The van der Waals surface area contributed by atoms with Gasteiger partial charge in [-0.25, -0.2) is 4.39 Å². The quantitative estimate of drug-likeness (QED) is 0.721. The Hall–Kier alpha value is -0.930. The number of ether oxygens (including phenoxy) is 1. The Morgan fingerprint density at radius 3 is 2.53 bits per heavy atom. The van der Waals surface area contributed by atoms with Crippen LogP contribution in [-0.2, 0) is 4.74 Å². The van der Waals surface area contributed by atoms with E-state index in [1.54, 1.807) is 6.07 Å². The van der Waals surface area contributed by atoms with Gasteiger partial charge in [0.25, 0.3) is 0 Å². The van der Waals surface area contributed by atoms with Crippen LogP contribution in [0, 0.1) is 19.7 Å². The molecule has 3 heteroatoms. The van der Waals surface area contributed by atoms with E-state index in [-0.39, 0.29) is 11.9 Å². The summed E-state index contributed by atoms with van der Waals surface area (Å²) in [6.07, 6.45) is 1.82. The zero-order valence-corrected chi connectivity index (χ0v) is 12.6. The van der Waals surface area contributed by atoms with Crippen molar-refractivity contribution in [2.24, 2.45) is 0 Å². The maximum atomic E-state index is 14.2. The van der Waals surface area contributed by atoms with Crippen LogP contribution in [0.25, 0.3) is 0 Å². The lowest BCUT2D eigenvalue weighted by Crippen LogP contribution is -2.24. The van der Waals surface area contributed by atoms with Gasteiger partial charge >= 0.3 is 0 Å². The van der Waals surface area contributed by atoms with Crippen LogP contribution < -0.4 is 5.32 Å². The Bertz CT molecular complexity index is 369. The van der Waals surface area contributed by atoms with Crippen molar-refractivity contribution in [1.82, 2.24) is 5.32 Å². The van der Waals surface area contributed by atoms with E-state index in [9.17, 15) is 4.39 Å². The minimum absolute atomic E-state index is 0.0301. The molecule has 19 heavy (non-hydrogen) atoms. The summed E-state index contributed by atoms with van der Waals surface area (Å²) in [6.45, 7) is 10.3. The molecule has 0 aliphatic carbocycles. The van der Waals surface area contributed by atoms with Gasteiger partial charge in [-0.05, 0) is 50.4 Å². The zero-order chi connectivity index (χ0) is 14.3. The van der Waals surface area contributed by atoms with E-state index in [2.05, 4.69) is 12.2 Å². The number of aryl methyl sites for hydroxylation is 2. The smallest absolute Gasteiger partial charge is 0.128 e. The van der Waals surface area contributed by atoms with Gasteiger partial charge in [0.1, 0.15) is 5.82 Å². The highest BCUT2D eigenvalue weighted by Crippen LogP contribution is 2.25. The van der Waals surface area contributed by atoms with Gasteiger partial charge in [-0.15, -0.1) is 0 Å². The van der Waals surface area contributed by atoms with Crippen molar-refractivity contribution in [1.29, 1.82) is 0 Å². The van der Waals surface area contributed by atoms with Crippen LogP contribution in [0.15, 0.2) is 12.1 Å². The summed E-state index contributed by atoms with van der Waals surface area (Å²) in [5.74, 6) is -0.112. The highest BCUT2D eigenvalue weighted by atomic mass is 19.1. The number of hydrogen-bond acceptors (Lipinski definition) is 2.